The molecule has 2 heterocycles. The number of hydrogen-bond donors (Lipinski definition) is 0. The van der Waals surface area contributed by atoms with Crippen molar-refractivity contribution in [1.29, 1.82) is 0 Å². The van der Waals surface area contributed by atoms with Crippen molar-refractivity contribution < 1.29 is 33.2 Å². The molecule has 162 valence electrons. The van der Waals surface area contributed by atoms with Crippen LogP contribution in [0.5, 0.6) is 34.5 Å². The van der Waals surface area contributed by atoms with Crippen molar-refractivity contribution in [3.8, 4) is 34.5 Å². The molecule has 2 aromatic carbocycles. The monoisotopic (exact) mass is 416 g/mol. The third-order valence-corrected chi connectivity index (χ3v) is 6.10. The Kier molecular flexibility index (Phi) is 5.56. The summed E-state index contributed by atoms with van der Waals surface area (Å²) in [5.41, 5.74) is 1.99. The highest BCUT2D eigenvalue weighted by Crippen LogP contribution is 2.53. The Hall–Kier alpha value is -2.80. The average Bonchev–Trinajstić information content (AvgIpc) is 3.36. The van der Waals surface area contributed by atoms with Gasteiger partial charge in [0.2, 0.25) is 18.3 Å². The molecular weight excluding hydrogens is 388 g/mol. The SMILES string of the molecule is COc1cc([C@@H]2O[C@H](c3cc(OC)c4c(c3)OCO4)[C@H](C)[C@@H]2C)cc(OC)c1OC. The predicted molar refractivity (Wildman–Crippen MR) is 110 cm³/mol. The molecule has 2 aliphatic rings. The van der Waals surface area contributed by atoms with Crippen molar-refractivity contribution in [2.75, 3.05) is 35.2 Å². The molecule has 0 N–H and O–H groups in total. The average molecular weight is 416 g/mol. The van der Waals surface area contributed by atoms with Gasteiger partial charge in [-0.15, -0.1) is 0 Å². The highest BCUT2D eigenvalue weighted by atomic mass is 16.7. The number of fused-ring (bicyclic) bond motifs is 1. The van der Waals surface area contributed by atoms with Gasteiger partial charge < -0.3 is 33.2 Å². The lowest BCUT2D eigenvalue weighted by Crippen LogP contribution is -2.10. The van der Waals surface area contributed by atoms with Gasteiger partial charge in [0.05, 0.1) is 40.6 Å². The normalized spacial score (nSPS) is 24.6. The molecule has 7 heteroatoms. The van der Waals surface area contributed by atoms with Crippen molar-refractivity contribution in [3.05, 3.63) is 35.4 Å². The zero-order valence-electron chi connectivity index (χ0n) is 18.2. The van der Waals surface area contributed by atoms with E-state index in [9.17, 15) is 0 Å². The Morgan fingerprint density at radius 3 is 1.77 bits per heavy atom. The van der Waals surface area contributed by atoms with Crippen LogP contribution in [0.1, 0.15) is 37.2 Å². The third kappa shape index (κ3) is 3.27. The van der Waals surface area contributed by atoms with Crippen LogP contribution in [0.3, 0.4) is 0 Å². The molecule has 0 aliphatic carbocycles. The summed E-state index contributed by atoms with van der Waals surface area (Å²) in [6.45, 7) is 4.59. The van der Waals surface area contributed by atoms with Gasteiger partial charge in [0.1, 0.15) is 0 Å². The summed E-state index contributed by atoms with van der Waals surface area (Å²) in [7, 11) is 6.45. The van der Waals surface area contributed by atoms with Crippen LogP contribution in [-0.2, 0) is 4.74 Å². The second-order valence-electron chi connectivity index (χ2n) is 7.61. The summed E-state index contributed by atoms with van der Waals surface area (Å²) in [6.07, 6.45) is -0.248. The highest BCUT2D eigenvalue weighted by Gasteiger charge is 2.42. The molecule has 0 radical (unpaired) electrons. The van der Waals surface area contributed by atoms with E-state index in [1.807, 2.05) is 24.3 Å². The Morgan fingerprint density at radius 2 is 1.23 bits per heavy atom. The molecule has 0 amide bonds. The molecule has 4 atom stereocenters. The van der Waals surface area contributed by atoms with E-state index in [-0.39, 0.29) is 30.8 Å². The van der Waals surface area contributed by atoms with Crippen LogP contribution < -0.4 is 28.4 Å². The van der Waals surface area contributed by atoms with Crippen LogP contribution in [-0.4, -0.2) is 35.2 Å². The summed E-state index contributed by atoms with van der Waals surface area (Å²) < 4.78 is 39.7. The molecule has 2 aliphatic heterocycles. The first-order valence-corrected chi connectivity index (χ1v) is 9.95. The Bertz CT molecular complexity index is 901. The fourth-order valence-electron chi connectivity index (χ4n) is 4.30. The Labute approximate surface area is 176 Å². The largest absolute Gasteiger partial charge is 0.493 e. The van der Waals surface area contributed by atoms with E-state index in [0.717, 1.165) is 11.1 Å². The molecule has 0 spiro atoms. The molecule has 0 aromatic heterocycles. The summed E-state index contributed by atoms with van der Waals surface area (Å²) in [6, 6.07) is 7.87. The molecule has 7 nitrogen and oxygen atoms in total. The Morgan fingerprint density at radius 1 is 0.700 bits per heavy atom. The van der Waals surface area contributed by atoms with E-state index >= 15 is 0 Å². The van der Waals surface area contributed by atoms with Gasteiger partial charge in [-0.2, -0.15) is 0 Å². The van der Waals surface area contributed by atoms with Gasteiger partial charge in [-0.05, 0) is 47.2 Å². The third-order valence-electron chi connectivity index (χ3n) is 6.10. The number of hydrogen-bond acceptors (Lipinski definition) is 7. The van der Waals surface area contributed by atoms with E-state index in [2.05, 4.69) is 13.8 Å². The van der Waals surface area contributed by atoms with Crippen molar-refractivity contribution >= 4 is 0 Å². The lowest BCUT2D eigenvalue weighted by Gasteiger charge is -2.20. The van der Waals surface area contributed by atoms with Gasteiger partial charge in [0.15, 0.2) is 23.0 Å². The van der Waals surface area contributed by atoms with Gasteiger partial charge in [-0.1, -0.05) is 13.8 Å². The summed E-state index contributed by atoms with van der Waals surface area (Å²) in [5.74, 6) is 4.30. The molecule has 30 heavy (non-hydrogen) atoms. The van der Waals surface area contributed by atoms with Gasteiger partial charge in [0.25, 0.3) is 0 Å². The molecule has 2 aromatic rings. The second kappa shape index (κ2) is 8.14. The van der Waals surface area contributed by atoms with Crippen molar-refractivity contribution in [3.63, 3.8) is 0 Å². The van der Waals surface area contributed by atoms with Gasteiger partial charge in [0, 0.05) is 0 Å². The minimum Gasteiger partial charge on any atom is -0.493 e. The number of methoxy groups -OCH3 is 4. The van der Waals surface area contributed by atoms with Crippen LogP contribution >= 0.6 is 0 Å². The molecule has 0 bridgehead atoms. The van der Waals surface area contributed by atoms with E-state index in [1.165, 1.54) is 0 Å². The van der Waals surface area contributed by atoms with Crippen molar-refractivity contribution in [2.24, 2.45) is 11.8 Å². The highest BCUT2D eigenvalue weighted by molar-refractivity contribution is 5.56. The lowest BCUT2D eigenvalue weighted by molar-refractivity contribution is 0.0286. The second-order valence-corrected chi connectivity index (χ2v) is 7.61. The standard InChI is InChI=1S/C23H28O7/c1-12-13(2)21(15-9-18(26-5)23-19(10-15)28-11-29-23)30-20(12)14-7-16(24-3)22(27-6)17(8-14)25-4/h7-10,12-13,20-21H,11H2,1-6H3/t12-,13+,20+,21-/m0/s1. The van der Waals surface area contributed by atoms with E-state index in [4.69, 9.17) is 33.2 Å². The smallest absolute Gasteiger partial charge is 0.231 e. The maximum Gasteiger partial charge on any atom is 0.231 e. The Balaban J connectivity index is 1.69. The molecular formula is C23H28O7. The quantitative estimate of drug-likeness (QED) is 0.685. The van der Waals surface area contributed by atoms with Crippen LogP contribution in [0.15, 0.2) is 24.3 Å². The number of ether oxygens (including phenoxy) is 7. The van der Waals surface area contributed by atoms with E-state index < -0.39 is 0 Å². The van der Waals surface area contributed by atoms with Crippen molar-refractivity contribution in [2.45, 2.75) is 26.1 Å². The fraction of sp³-hybridized carbons (Fsp3) is 0.478. The van der Waals surface area contributed by atoms with Crippen LogP contribution in [0, 0.1) is 11.8 Å². The minimum absolute atomic E-state index is 0.118. The maximum absolute atomic E-state index is 6.59. The van der Waals surface area contributed by atoms with E-state index in [0.29, 0.717) is 34.5 Å². The van der Waals surface area contributed by atoms with E-state index in [1.54, 1.807) is 28.4 Å². The van der Waals surface area contributed by atoms with Gasteiger partial charge >= 0.3 is 0 Å². The van der Waals surface area contributed by atoms with Gasteiger partial charge in [-0.3, -0.25) is 0 Å². The minimum atomic E-state index is -0.130. The molecule has 4 rings (SSSR count). The van der Waals surface area contributed by atoms with Crippen LogP contribution in [0.25, 0.3) is 0 Å². The molecule has 1 fully saturated rings. The topological polar surface area (TPSA) is 64.6 Å². The first kappa shape index (κ1) is 20.5. The fourth-order valence-corrected chi connectivity index (χ4v) is 4.30. The molecule has 0 saturated carbocycles. The van der Waals surface area contributed by atoms with Crippen LogP contribution in [0.4, 0.5) is 0 Å². The molecule has 0 unspecified atom stereocenters. The summed E-state index contributed by atoms with van der Waals surface area (Å²) in [5, 5.41) is 0. The maximum atomic E-state index is 6.59. The number of benzene rings is 2. The zero-order chi connectivity index (χ0) is 21.4. The summed E-state index contributed by atoms with van der Waals surface area (Å²) >= 11 is 0. The predicted octanol–water partition coefficient (Wildman–Crippen LogP) is 4.53. The lowest BCUT2D eigenvalue weighted by atomic mass is 9.85. The first-order chi connectivity index (χ1) is 14.5. The molecule has 1 saturated heterocycles. The summed E-state index contributed by atoms with van der Waals surface area (Å²) in [4.78, 5) is 0. The van der Waals surface area contributed by atoms with Crippen molar-refractivity contribution in [1.82, 2.24) is 0 Å². The van der Waals surface area contributed by atoms with Crippen LogP contribution in [0.2, 0.25) is 0 Å². The first-order valence-electron chi connectivity index (χ1n) is 9.95. The number of rotatable bonds is 6. The van der Waals surface area contributed by atoms with Gasteiger partial charge in [-0.25, -0.2) is 0 Å². The zero-order valence-corrected chi connectivity index (χ0v) is 18.2.